The summed E-state index contributed by atoms with van der Waals surface area (Å²) in [5.41, 5.74) is 3.05. The minimum atomic E-state index is -0.104. The van der Waals surface area contributed by atoms with Crippen LogP contribution >= 0.6 is 0 Å². The van der Waals surface area contributed by atoms with Gasteiger partial charge in [-0.2, -0.15) is 0 Å². The molecule has 4 nitrogen and oxygen atoms in total. The normalized spacial score (nSPS) is 18.8. The lowest BCUT2D eigenvalue weighted by Crippen LogP contribution is -2.42. The van der Waals surface area contributed by atoms with Gasteiger partial charge in [-0.05, 0) is 43.9 Å². The van der Waals surface area contributed by atoms with Gasteiger partial charge in [0.25, 0.3) is 0 Å². The van der Waals surface area contributed by atoms with E-state index in [1.54, 1.807) is 11.8 Å². The third-order valence-electron chi connectivity index (χ3n) is 3.89. The summed E-state index contributed by atoms with van der Waals surface area (Å²) >= 11 is 0. The van der Waals surface area contributed by atoms with Gasteiger partial charge >= 0.3 is 0 Å². The first kappa shape index (κ1) is 14.6. The van der Waals surface area contributed by atoms with E-state index in [1.165, 1.54) is 0 Å². The van der Waals surface area contributed by atoms with E-state index in [2.05, 4.69) is 5.32 Å². The van der Waals surface area contributed by atoms with Crippen molar-refractivity contribution in [3.05, 3.63) is 29.3 Å². The molecule has 1 aromatic rings. The number of piperidine rings is 1. The van der Waals surface area contributed by atoms with Crippen LogP contribution in [-0.2, 0) is 9.59 Å². The number of anilines is 1. The van der Waals surface area contributed by atoms with Crippen LogP contribution in [0, 0.1) is 19.8 Å². The molecule has 108 valence electrons. The second-order valence-electron chi connectivity index (χ2n) is 5.61. The number of aryl methyl sites for hydroxylation is 2. The van der Waals surface area contributed by atoms with Crippen molar-refractivity contribution in [2.45, 2.75) is 33.6 Å². The van der Waals surface area contributed by atoms with Crippen LogP contribution in [0.5, 0.6) is 0 Å². The molecule has 2 rings (SSSR count). The van der Waals surface area contributed by atoms with Crippen molar-refractivity contribution >= 4 is 17.5 Å². The predicted molar refractivity (Wildman–Crippen MR) is 79.5 cm³/mol. The minimum absolute atomic E-state index is 0.0182. The largest absolute Gasteiger partial charge is 0.342 e. The van der Waals surface area contributed by atoms with Gasteiger partial charge in [-0.15, -0.1) is 0 Å². The lowest BCUT2D eigenvalue weighted by Gasteiger charge is -2.31. The van der Waals surface area contributed by atoms with Gasteiger partial charge < -0.3 is 10.2 Å². The van der Waals surface area contributed by atoms with Crippen molar-refractivity contribution in [3.8, 4) is 0 Å². The quantitative estimate of drug-likeness (QED) is 0.900. The topological polar surface area (TPSA) is 49.4 Å². The van der Waals surface area contributed by atoms with Gasteiger partial charge in [0.1, 0.15) is 0 Å². The second-order valence-corrected chi connectivity index (χ2v) is 5.61. The number of rotatable bonds is 2. The number of amides is 2. The van der Waals surface area contributed by atoms with Crippen LogP contribution in [-0.4, -0.2) is 29.8 Å². The number of benzene rings is 1. The molecular formula is C16H22N2O2. The Labute approximate surface area is 120 Å². The van der Waals surface area contributed by atoms with Crippen molar-refractivity contribution in [1.82, 2.24) is 4.90 Å². The summed E-state index contributed by atoms with van der Waals surface area (Å²) in [6, 6.07) is 6.02. The van der Waals surface area contributed by atoms with Gasteiger partial charge in [0.15, 0.2) is 0 Å². The van der Waals surface area contributed by atoms with Crippen LogP contribution in [0.25, 0.3) is 0 Å². The molecule has 1 fully saturated rings. The molecule has 1 saturated heterocycles. The van der Waals surface area contributed by atoms with Gasteiger partial charge in [-0.25, -0.2) is 0 Å². The number of likely N-dealkylation sites (tertiary alicyclic amines) is 1. The molecule has 0 spiro atoms. The maximum absolute atomic E-state index is 12.4. The molecular weight excluding hydrogens is 252 g/mol. The number of nitrogens with zero attached hydrogens (tertiary/aromatic N) is 1. The van der Waals surface area contributed by atoms with E-state index in [9.17, 15) is 9.59 Å². The fourth-order valence-electron chi connectivity index (χ4n) is 2.58. The van der Waals surface area contributed by atoms with E-state index in [0.717, 1.165) is 36.2 Å². The molecule has 0 aliphatic carbocycles. The van der Waals surface area contributed by atoms with Crippen LogP contribution in [0.15, 0.2) is 18.2 Å². The third kappa shape index (κ3) is 3.38. The maximum atomic E-state index is 12.4. The van der Waals surface area contributed by atoms with E-state index in [0.29, 0.717) is 6.54 Å². The summed E-state index contributed by atoms with van der Waals surface area (Å²) in [5.74, 6) is -0.0357. The third-order valence-corrected chi connectivity index (χ3v) is 3.89. The monoisotopic (exact) mass is 274 g/mol. The number of hydrogen-bond donors (Lipinski definition) is 1. The van der Waals surface area contributed by atoms with Gasteiger partial charge in [0, 0.05) is 25.7 Å². The zero-order valence-corrected chi connectivity index (χ0v) is 12.4. The molecule has 1 aliphatic heterocycles. The number of carbonyl (C=O) groups is 2. The summed E-state index contributed by atoms with van der Waals surface area (Å²) in [6.45, 7) is 6.85. The summed E-state index contributed by atoms with van der Waals surface area (Å²) < 4.78 is 0. The molecule has 4 heteroatoms. The molecule has 0 radical (unpaired) electrons. The summed E-state index contributed by atoms with van der Waals surface area (Å²) in [4.78, 5) is 25.5. The van der Waals surface area contributed by atoms with Gasteiger partial charge in [0.05, 0.1) is 5.92 Å². The zero-order valence-electron chi connectivity index (χ0n) is 12.4. The van der Waals surface area contributed by atoms with Gasteiger partial charge in [0.2, 0.25) is 11.8 Å². The lowest BCUT2D eigenvalue weighted by molar-refractivity contribution is -0.132. The number of hydrogen-bond acceptors (Lipinski definition) is 2. The van der Waals surface area contributed by atoms with Crippen molar-refractivity contribution in [2.75, 3.05) is 18.4 Å². The highest BCUT2D eigenvalue weighted by atomic mass is 16.2. The fourth-order valence-corrected chi connectivity index (χ4v) is 2.58. The second kappa shape index (κ2) is 6.07. The van der Waals surface area contributed by atoms with Crippen LogP contribution in [0.2, 0.25) is 0 Å². The summed E-state index contributed by atoms with van der Waals surface area (Å²) in [5, 5.41) is 3.00. The van der Waals surface area contributed by atoms with Crippen LogP contribution in [0.3, 0.4) is 0 Å². The summed E-state index contributed by atoms with van der Waals surface area (Å²) in [6.07, 6.45) is 1.74. The molecule has 1 N–H and O–H groups in total. The molecule has 20 heavy (non-hydrogen) atoms. The van der Waals surface area contributed by atoms with E-state index in [-0.39, 0.29) is 17.7 Å². The van der Waals surface area contributed by atoms with Crippen LogP contribution in [0.1, 0.15) is 30.9 Å². The first-order valence-corrected chi connectivity index (χ1v) is 7.11. The first-order chi connectivity index (χ1) is 9.47. The SMILES string of the molecule is CC(=O)N1CCC[C@H](C(=O)Nc2cc(C)ccc2C)C1. The zero-order chi connectivity index (χ0) is 14.7. The Bertz CT molecular complexity index is 525. The van der Waals surface area contributed by atoms with Crippen molar-refractivity contribution in [2.24, 2.45) is 5.92 Å². The molecule has 2 amide bonds. The molecule has 0 saturated carbocycles. The highest BCUT2D eigenvalue weighted by Gasteiger charge is 2.27. The standard InChI is InChI=1S/C16H22N2O2/c1-11-6-7-12(2)15(9-11)17-16(20)14-5-4-8-18(10-14)13(3)19/h6-7,9,14H,4-5,8,10H2,1-3H3,(H,17,20)/t14-/m0/s1. The maximum Gasteiger partial charge on any atom is 0.229 e. The Morgan fingerprint density at radius 3 is 2.75 bits per heavy atom. The number of nitrogens with one attached hydrogen (secondary N) is 1. The van der Waals surface area contributed by atoms with Gasteiger partial charge in [-0.1, -0.05) is 12.1 Å². The molecule has 1 atom stereocenters. The molecule has 0 bridgehead atoms. The van der Waals surface area contributed by atoms with E-state index in [1.807, 2.05) is 32.0 Å². The molecule has 1 aliphatic rings. The average molecular weight is 274 g/mol. The van der Waals surface area contributed by atoms with E-state index in [4.69, 9.17) is 0 Å². The Morgan fingerprint density at radius 1 is 1.30 bits per heavy atom. The smallest absolute Gasteiger partial charge is 0.229 e. The average Bonchev–Trinajstić information content (AvgIpc) is 2.43. The van der Waals surface area contributed by atoms with Crippen molar-refractivity contribution < 1.29 is 9.59 Å². The highest BCUT2D eigenvalue weighted by Crippen LogP contribution is 2.21. The predicted octanol–water partition coefficient (Wildman–Crippen LogP) is 2.50. The van der Waals surface area contributed by atoms with Crippen molar-refractivity contribution in [1.29, 1.82) is 0 Å². The Morgan fingerprint density at radius 2 is 2.05 bits per heavy atom. The summed E-state index contributed by atoms with van der Waals surface area (Å²) in [7, 11) is 0. The first-order valence-electron chi connectivity index (χ1n) is 7.11. The highest BCUT2D eigenvalue weighted by molar-refractivity contribution is 5.93. The van der Waals surface area contributed by atoms with Gasteiger partial charge in [-0.3, -0.25) is 9.59 Å². The van der Waals surface area contributed by atoms with E-state index < -0.39 is 0 Å². The van der Waals surface area contributed by atoms with E-state index >= 15 is 0 Å². The number of carbonyl (C=O) groups excluding carboxylic acids is 2. The molecule has 0 aromatic heterocycles. The Balaban J connectivity index is 2.04. The molecule has 0 unspecified atom stereocenters. The lowest BCUT2D eigenvalue weighted by atomic mass is 9.96. The van der Waals surface area contributed by atoms with Crippen LogP contribution < -0.4 is 5.32 Å². The molecule has 1 aromatic carbocycles. The fraction of sp³-hybridized carbons (Fsp3) is 0.500. The Kier molecular flexibility index (Phi) is 4.42. The van der Waals surface area contributed by atoms with Crippen LogP contribution in [0.4, 0.5) is 5.69 Å². The molecule has 1 heterocycles. The minimum Gasteiger partial charge on any atom is -0.342 e. The Hall–Kier alpha value is -1.84. The van der Waals surface area contributed by atoms with Crippen molar-refractivity contribution in [3.63, 3.8) is 0 Å².